The van der Waals surface area contributed by atoms with Gasteiger partial charge in [-0.25, -0.2) is 4.79 Å². The van der Waals surface area contributed by atoms with E-state index in [2.05, 4.69) is 10.1 Å². The lowest BCUT2D eigenvalue weighted by Gasteiger charge is -2.11. The first kappa shape index (κ1) is 18.8. The number of ether oxygens (including phenoxy) is 1. The Morgan fingerprint density at radius 1 is 1.28 bits per heavy atom. The standard InChI is InChI=1S/C16H14F3NO4S/c1-2-13(21)20-12-4-3-9(8-11(12)14(22)23)7-10-5-6-25-15(10)24-16(17,18)19/h3-6,8H,2,7H2,1H3,(H,20,21)(H,22,23). The van der Waals surface area contributed by atoms with Crippen molar-refractivity contribution in [2.75, 3.05) is 5.32 Å². The fourth-order valence-electron chi connectivity index (χ4n) is 2.09. The van der Waals surface area contributed by atoms with E-state index in [1.54, 1.807) is 13.0 Å². The molecular weight excluding hydrogens is 359 g/mol. The molecule has 1 heterocycles. The number of carbonyl (C=O) groups is 2. The van der Waals surface area contributed by atoms with Crippen molar-refractivity contribution < 1.29 is 32.6 Å². The van der Waals surface area contributed by atoms with Crippen LogP contribution in [0.2, 0.25) is 0 Å². The number of alkyl halides is 3. The lowest BCUT2D eigenvalue weighted by molar-refractivity contribution is -0.273. The van der Waals surface area contributed by atoms with E-state index in [9.17, 15) is 27.9 Å². The van der Waals surface area contributed by atoms with E-state index < -0.39 is 12.3 Å². The molecule has 0 fully saturated rings. The van der Waals surface area contributed by atoms with Gasteiger partial charge in [-0.3, -0.25) is 4.79 Å². The molecule has 0 unspecified atom stereocenters. The number of halogens is 3. The van der Waals surface area contributed by atoms with Crippen LogP contribution in [-0.4, -0.2) is 23.3 Å². The number of carboxylic acid groups (broad SMARTS) is 1. The van der Waals surface area contributed by atoms with E-state index in [0.29, 0.717) is 11.1 Å². The summed E-state index contributed by atoms with van der Waals surface area (Å²) in [6, 6.07) is 5.78. The summed E-state index contributed by atoms with van der Waals surface area (Å²) < 4.78 is 41.1. The van der Waals surface area contributed by atoms with E-state index in [4.69, 9.17) is 0 Å². The van der Waals surface area contributed by atoms with Gasteiger partial charge in [0.25, 0.3) is 0 Å². The van der Waals surface area contributed by atoms with Crippen molar-refractivity contribution >= 4 is 28.9 Å². The Morgan fingerprint density at radius 3 is 2.60 bits per heavy atom. The normalized spacial score (nSPS) is 11.2. The molecule has 0 spiro atoms. The zero-order chi connectivity index (χ0) is 18.6. The molecule has 134 valence electrons. The largest absolute Gasteiger partial charge is 0.573 e. The highest BCUT2D eigenvalue weighted by molar-refractivity contribution is 7.12. The van der Waals surface area contributed by atoms with Crippen LogP contribution in [0.25, 0.3) is 0 Å². The van der Waals surface area contributed by atoms with Crippen LogP contribution in [0.3, 0.4) is 0 Å². The molecule has 2 rings (SSSR count). The molecular formula is C16H14F3NO4S. The van der Waals surface area contributed by atoms with Crippen LogP contribution in [0.15, 0.2) is 29.6 Å². The van der Waals surface area contributed by atoms with Gasteiger partial charge in [0.1, 0.15) is 0 Å². The number of thiophene rings is 1. The molecule has 0 aliphatic heterocycles. The average molecular weight is 373 g/mol. The van der Waals surface area contributed by atoms with Crippen molar-refractivity contribution in [3.05, 3.63) is 46.3 Å². The van der Waals surface area contributed by atoms with E-state index in [-0.39, 0.29) is 35.1 Å². The minimum Gasteiger partial charge on any atom is -0.478 e. The third-order valence-electron chi connectivity index (χ3n) is 3.22. The van der Waals surface area contributed by atoms with E-state index in [1.165, 1.54) is 23.6 Å². The first-order chi connectivity index (χ1) is 11.7. The molecule has 2 N–H and O–H groups in total. The Labute approximate surface area is 145 Å². The summed E-state index contributed by atoms with van der Waals surface area (Å²) in [6.45, 7) is 1.63. The van der Waals surface area contributed by atoms with Gasteiger partial charge in [0, 0.05) is 18.4 Å². The van der Waals surface area contributed by atoms with Crippen molar-refractivity contribution in [3.63, 3.8) is 0 Å². The summed E-state index contributed by atoms with van der Waals surface area (Å²) in [4.78, 5) is 22.8. The third-order valence-corrected chi connectivity index (χ3v) is 4.05. The van der Waals surface area contributed by atoms with Crippen LogP contribution in [0.4, 0.5) is 18.9 Å². The number of anilines is 1. The van der Waals surface area contributed by atoms with Crippen molar-refractivity contribution in [1.82, 2.24) is 0 Å². The van der Waals surface area contributed by atoms with E-state index in [1.807, 2.05) is 0 Å². The summed E-state index contributed by atoms with van der Waals surface area (Å²) in [5.41, 5.74) is 0.786. The van der Waals surface area contributed by atoms with Gasteiger partial charge in [0.05, 0.1) is 11.3 Å². The maximum atomic E-state index is 12.4. The SMILES string of the molecule is CCC(=O)Nc1ccc(Cc2ccsc2OC(F)(F)F)cc1C(=O)O. The molecule has 0 saturated carbocycles. The minimum atomic E-state index is -4.79. The second-order valence-corrected chi connectivity index (χ2v) is 5.92. The molecule has 0 aliphatic carbocycles. The number of aromatic carboxylic acids is 1. The number of nitrogens with one attached hydrogen (secondary N) is 1. The van der Waals surface area contributed by atoms with Gasteiger partial charge in [-0.15, -0.1) is 24.5 Å². The smallest absolute Gasteiger partial charge is 0.478 e. The Kier molecular flexibility index (Phi) is 5.68. The molecule has 9 heteroatoms. The molecule has 0 radical (unpaired) electrons. The summed E-state index contributed by atoms with van der Waals surface area (Å²) >= 11 is 0.805. The lowest BCUT2D eigenvalue weighted by Crippen LogP contribution is -2.17. The number of carboxylic acids is 1. The zero-order valence-corrected chi connectivity index (χ0v) is 13.8. The third kappa shape index (κ3) is 5.21. The van der Waals surface area contributed by atoms with Gasteiger partial charge in [0.2, 0.25) is 5.91 Å². The topological polar surface area (TPSA) is 75.6 Å². The van der Waals surface area contributed by atoms with Crippen LogP contribution >= 0.6 is 11.3 Å². The molecule has 1 aromatic carbocycles. The molecule has 5 nitrogen and oxygen atoms in total. The van der Waals surface area contributed by atoms with Crippen molar-refractivity contribution in [2.45, 2.75) is 26.1 Å². The van der Waals surface area contributed by atoms with Crippen LogP contribution in [0.5, 0.6) is 5.06 Å². The van der Waals surface area contributed by atoms with Gasteiger partial charge in [-0.2, -0.15) is 0 Å². The summed E-state index contributed by atoms with van der Waals surface area (Å²) in [5.74, 6) is -1.58. The maximum absolute atomic E-state index is 12.4. The van der Waals surface area contributed by atoms with Crippen LogP contribution in [0.1, 0.15) is 34.8 Å². The average Bonchev–Trinajstić information content (AvgIpc) is 2.93. The Balaban J connectivity index is 2.27. The molecule has 1 amide bonds. The molecule has 0 bridgehead atoms. The quantitative estimate of drug-likeness (QED) is 0.792. The minimum absolute atomic E-state index is 0.0667. The second-order valence-electron chi connectivity index (χ2n) is 5.04. The number of amides is 1. The molecule has 0 saturated heterocycles. The lowest BCUT2D eigenvalue weighted by atomic mass is 10.0. The van der Waals surface area contributed by atoms with Gasteiger partial charge in [-0.1, -0.05) is 13.0 Å². The highest BCUT2D eigenvalue weighted by Gasteiger charge is 2.32. The Bertz CT molecular complexity index is 786. The van der Waals surface area contributed by atoms with Crippen LogP contribution in [0, 0.1) is 0 Å². The number of benzene rings is 1. The number of hydrogen-bond donors (Lipinski definition) is 2. The maximum Gasteiger partial charge on any atom is 0.573 e. The predicted molar refractivity (Wildman–Crippen MR) is 86.1 cm³/mol. The van der Waals surface area contributed by atoms with E-state index >= 15 is 0 Å². The number of hydrogen-bond acceptors (Lipinski definition) is 4. The first-order valence-corrected chi connectivity index (χ1v) is 8.05. The van der Waals surface area contributed by atoms with Crippen LogP contribution < -0.4 is 10.1 Å². The molecule has 0 atom stereocenters. The van der Waals surface area contributed by atoms with Crippen LogP contribution in [-0.2, 0) is 11.2 Å². The van der Waals surface area contributed by atoms with Gasteiger partial charge < -0.3 is 15.2 Å². The van der Waals surface area contributed by atoms with Crippen molar-refractivity contribution in [2.24, 2.45) is 0 Å². The van der Waals surface area contributed by atoms with Gasteiger partial charge in [-0.05, 0) is 29.1 Å². The summed E-state index contributed by atoms with van der Waals surface area (Å²) in [5, 5.41) is 12.9. The highest BCUT2D eigenvalue weighted by Crippen LogP contribution is 2.33. The van der Waals surface area contributed by atoms with Gasteiger partial charge >= 0.3 is 12.3 Å². The summed E-state index contributed by atoms with van der Waals surface area (Å²) in [6.07, 6.45) is -4.54. The first-order valence-electron chi connectivity index (χ1n) is 7.17. The van der Waals surface area contributed by atoms with Crippen molar-refractivity contribution in [3.8, 4) is 5.06 Å². The number of carbonyl (C=O) groups excluding carboxylic acids is 1. The fraction of sp³-hybridized carbons (Fsp3) is 0.250. The van der Waals surface area contributed by atoms with Crippen molar-refractivity contribution in [1.29, 1.82) is 0 Å². The Hall–Kier alpha value is -2.55. The zero-order valence-electron chi connectivity index (χ0n) is 13.0. The number of rotatable bonds is 6. The van der Waals surface area contributed by atoms with Gasteiger partial charge in [0.15, 0.2) is 5.06 Å². The molecule has 2 aromatic rings. The molecule has 0 aliphatic rings. The Morgan fingerprint density at radius 2 is 2.00 bits per heavy atom. The molecule has 1 aromatic heterocycles. The van der Waals surface area contributed by atoms with E-state index in [0.717, 1.165) is 11.3 Å². The fourth-order valence-corrected chi connectivity index (χ4v) is 2.88. The summed E-state index contributed by atoms with van der Waals surface area (Å²) in [7, 11) is 0. The molecule has 25 heavy (non-hydrogen) atoms. The highest BCUT2D eigenvalue weighted by atomic mass is 32.1. The predicted octanol–water partition coefficient (Wildman–Crippen LogP) is 4.28. The second kappa shape index (κ2) is 7.56. The monoisotopic (exact) mass is 373 g/mol.